The molecular weight excluding hydrogens is 146 g/mol. The van der Waals surface area contributed by atoms with Gasteiger partial charge in [0.05, 0.1) is 5.69 Å². The van der Waals surface area contributed by atoms with E-state index in [0.717, 1.165) is 12.1 Å². The van der Waals surface area contributed by atoms with Gasteiger partial charge in [-0.15, -0.1) is 0 Å². The second kappa shape index (κ2) is 2.94. The molecule has 0 bridgehead atoms. The molecule has 0 aromatic carbocycles. The molecule has 12 heavy (non-hydrogen) atoms. The monoisotopic (exact) mass is 157 g/mol. The van der Waals surface area contributed by atoms with E-state index in [4.69, 9.17) is 0 Å². The number of fused-ring (bicyclic) bond motifs is 1. The average Bonchev–Trinajstić information content (AvgIpc) is 2.25. The van der Waals surface area contributed by atoms with Gasteiger partial charge < -0.3 is 0 Å². The maximum Gasteiger partial charge on any atom is 0.0698 e. The van der Waals surface area contributed by atoms with Crippen molar-refractivity contribution in [2.24, 2.45) is 0 Å². The summed E-state index contributed by atoms with van der Waals surface area (Å²) < 4.78 is 0. The standard InChI is InChI=1S/C11H11N/c1-9-4-2-6-11-10(8-9)5-3-7-12-11/h2-3,5-8H,4H2,1H3. The van der Waals surface area contributed by atoms with Crippen molar-refractivity contribution >= 4 is 12.2 Å². The highest BCUT2D eigenvalue weighted by molar-refractivity contribution is 5.66. The van der Waals surface area contributed by atoms with E-state index in [2.05, 4.69) is 36.2 Å². The van der Waals surface area contributed by atoms with Crippen molar-refractivity contribution in [1.82, 2.24) is 4.98 Å². The van der Waals surface area contributed by atoms with Gasteiger partial charge in [0.1, 0.15) is 0 Å². The second-order valence-corrected chi connectivity index (χ2v) is 3.08. The van der Waals surface area contributed by atoms with Gasteiger partial charge in [-0.05, 0) is 25.5 Å². The summed E-state index contributed by atoms with van der Waals surface area (Å²) in [5.41, 5.74) is 3.69. The molecule has 1 aliphatic carbocycles. The summed E-state index contributed by atoms with van der Waals surface area (Å²) in [6.07, 6.45) is 9.31. The third-order valence-electron chi connectivity index (χ3n) is 1.99. The maximum atomic E-state index is 4.28. The molecule has 0 saturated heterocycles. The van der Waals surface area contributed by atoms with Crippen LogP contribution in [0.3, 0.4) is 0 Å². The predicted octanol–water partition coefficient (Wildman–Crippen LogP) is 2.90. The Morgan fingerprint density at radius 1 is 1.42 bits per heavy atom. The van der Waals surface area contributed by atoms with Gasteiger partial charge in [-0.25, -0.2) is 0 Å². The third kappa shape index (κ3) is 1.30. The Hall–Kier alpha value is -1.37. The first-order chi connectivity index (χ1) is 5.86. The molecular formula is C11H11N. The molecule has 1 aliphatic rings. The molecule has 0 spiro atoms. The molecule has 1 nitrogen and oxygen atoms in total. The van der Waals surface area contributed by atoms with Crippen molar-refractivity contribution in [3.8, 4) is 0 Å². The predicted molar refractivity (Wildman–Crippen MR) is 51.5 cm³/mol. The van der Waals surface area contributed by atoms with Crippen LogP contribution in [-0.2, 0) is 0 Å². The van der Waals surface area contributed by atoms with Gasteiger partial charge in [-0.1, -0.05) is 23.8 Å². The lowest BCUT2D eigenvalue weighted by molar-refractivity contribution is 1.25. The van der Waals surface area contributed by atoms with Gasteiger partial charge in [0, 0.05) is 11.8 Å². The summed E-state index contributed by atoms with van der Waals surface area (Å²) >= 11 is 0. The van der Waals surface area contributed by atoms with Crippen molar-refractivity contribution in [1.29, 1.82) is 0 Å². The summed E-state index contributed by atoms with van der Waals surface area (Å²) in [7, 11) is 0. The lowest BCUT2D eigenvalue weighted by atomic mass is 10.1. The topological polar surface area (TPSA) is 12.9 Å². The fourth-order valence-corrected chi connectivity index (χ4v) is 1.37. The minimum absolute atomic E-state index is 1.04. The number of hydrogen-bond donors (Lipinski definition) is 0. The van der Waals surface area contributed by atoms with Gasteiger partial charge in [0.15, 0.2) is 0 Å². The van der Waals surface area contributed by atoms with Crippen LogP contribution in [0.5, 0.6) is 0 Å². The molecule has 1 aromatic heterocycles. The Kier molecular flexibility index (Phi) is 1.78. The highest BCUT2D eigenvalue weighted by Crippen LogP contribution is 2.18. The van der Waals surface area contributed by atoms with Crippen LogP contribution in [0.2, 0.25) is 0 Å². The molecule has 0 fully saturated rings. The van der Waals surface area contributed by atoms with Crippen LogP contribution in [0.1, 0.15) is 24.6 Å². The molecule has 1 heteroatoms. The van der Waals surface area contributed by atoms with E-state index >= 15 is 0 Å². The van der Waals surface area contributed by atoms with E-state index in [-0.39, 0.29) is 0 Å². The van der Waals surface area contributed by atoms with Gasteiger partial charge >= 0.3 is 0 Å². The lowest BCUT2D eigenvalue weighted by Gasteiger charge is -1.97. The number of allylic oxidation sites excluding steroid dienone is 2. The highest BCUT2D eigenvalue weighted by Gasteiger charge is 2.00. The Bertz CT molecular complexity index is 348. The normalized spacial score (nSPS) is 14.9. The first kappa shape index (κ1) is 7.29. The van der Waals surface area contributed by atoms with Crippen LogP contribution in [0, 0.1) is 0 Å². The van der Waals surface area contributed by atoms with Crippen molar-refractivity contribution < 1.29 is 0 Å². The molecule has 0 atom stereocenters. The van der Waals surface area contributed by atoms with Crippen LogP contribution in [0.4, 0.5) is 0 Å². The molecule has 0 unspecified atom stereocenters. The van der Waals surface area contributed by atoms with E-state index < -0.39 is 0 Å². The number of pyridine rings is 1. The molecule has 1 heterocycles. The zero-order valence-electron chi connectivity index (χ0n) is 7.12. The number of aromatic nitrogens is 1. The van der Waals surface area contributed by atoms with Crippen LogP contribution >= 0.6 is 0 Å². The van der Waals surface area contributed by atoms with Crippen LogP contribution in [0.25, 0.3) is 12.2 Å². The van der Waals surface area contributed by atoms with Crippen LogP contribution in [-0.4, -0.2) is 4.98 Å². The first-order valence-electron chi connectivity index (χ1n) is 4.15. The van der Waals surface area contributed by atoms with E-state index in [1.807, 2.05) is 12.3 Å². The Morgan fingerprint density at radius 2 is 2.33 bits per heavy atom. The van der Waals surface area contributed by atoms with Gasteiger partial charge in [-0.3, -0.25) is 4.98 Å². The van der Waals surface area contributed by atoms with E-state index in [9.17, 15) is 0 Å². The summed E-state index contributed by atoms with van der Waals surface area (Å²) in [4.78, 5) is 4.28. The quantitative estimate of drug-likeness (QED) is 0.564. The number of rotatable bonds is 0. The van der Waals surface area contributed by atoms with Gasteiger partial charge in [0.2, 0.25) is 0 Å². The third-order valence-corrected chi connectivity index (χ3v) is 1.99. The zero-order chi connectivity index (χ0) is 8.39. The molecule has 0 amide bonds. The minimum Gasteiger partial charge on any atom is -0.256 e. The minimum atomic E-state index is 1.04. The Labute approximate surface area is 72.5 Å². The Balaban J connectivity index is 2.58. The maximum absolute atomic E-state index is 4.28. The van der Waals surface area contributed by atoms with Gasteiger partial charge in [-0.2, -0.15) is 0 Å². The smallest absolute Gasteiger partial charge is 0.0698 e. The average molecular weight is 157 g/mol. The fraction of sp³-hybridized carbons (Fsp3) is 0.182. The summed E-state index contributed by atoms with van der Waals surface area (Å²) in [6.45, 7) is 2.15. The number of nitrogens with zero attached hydrogens (tertiary/aromatic N) is 1. The second-order valence-electron chi connectivity index (χ2n) is 3.08. The molecule has 0 saturated carbocycles. The number of hydrogen-bond acceptors (Lipinski definition) is 1. The molecule has 60 valence electrons. The van der Waals surface area contributed by atoms with Gasteiger partial charge in [0.25, 0.3) is 0 Å². The molecule has 0 N–H and O–H groups in total. The molecule has 0 aliphatic heterocycles. The lowest BCUT2D eigenvalue weighted by Crippen LogP contribution is -1.83. The van der Waals surface area contributed by atoms with Crippen LogP contribution in [0.15, 0.2) is 30.0 Å². The summed E-state index contributed by atoms with van der Waals surface area (Å²) in [5, 5.41) is 0. The summed E-state index contributed by atoms with van der Waals surface area (Å²) in [5.74, 6) is 0. The molecule has 2 rings (SSSR count). The van der Waals surface area contributed by atoms with Crippen molar-refractivity contribution in [3.63, 3.8) is 0 Å². The summed E-state index contributed by atoms with van der Waals surface area (Å²) in [6, 6.07) is 4.07. The SMILES string of the molecule is CC1=Cc2cccnc2C=CC1. The van der Waals surface area contributed by atoms with Crippen molar-refractivity contribution in [2.75, 3.05) is 0 Å². The van der Waals surface area contributed by atoms with E-state index in [1.165, 1.54) is 11.1 Å². The fourth-order valence-electron chi connectivity index (χ4n) is 1.37. The largest absolute Gasteiger partial charge is 0.256 e. The van der Waals surface area contributed by atoms with Crippen LogP contribution < -0.4 is 0 Å². The molecule has 0 radical (unpaired) electrons. The zero-order valence-corrected chi connectivity index (χ0v) is 7.12. The Morgan fingerprint density at radius 3 is 3.25 bits per heavy atom. The molecule has 1 aromatic rings. The van der Waals surface area contributed by atoms with E-state index in [0.29, 0.717) is 0 Å². The van der Waals surface area contributed by atoms with E-state index in [1.54, 1.807) is 0 Å². The van der Waals surface area contributed by atoms with Crippen molar-refractivity contribution in [2.45, 2.75) is 13.3 Å². The first-order valence-corrected chi connectivity index (χ1v) is 4.15. The highest BCUT2D eigenvalue weighted by atomic mass is 14.7. The van der Waals surface area contributed by atoms with Crippen molar-refractivity contribution in [3.05, 3.63) is 41.2 Å².